The molecule has 0 saturated carbocycles. The number of benzene rings is 1. The molecule has 0 spiro atoms. The Morgan fingerprint density at radius 2 is 1.94 bits per heavy atom. The smallest absolute Gasteiger partial charge is 0.417 e. The van der Waals surface area contributed by atoms with E-state index in [9.17, 15) is 13.2 Å². The topological polar surface area (TPSA) is 131 Å². The summed E-state index contributed by atoms with van der Waals surface area (Å²) in [6.45, 7) is 11.3. The van der Waals surface area contributed by atoms with Crippen molar-refractivity contribution in [2.45, 2.75) is 72.3 Å². The molecule has 49 heavy (non-hydrogen) atoms. The Bertz CT molecular complexity index is 1960. The molecule has 1 aliphatic rings. The molecule has 2 unspecified atom stereocenters. The van der Waals surface area contributed by atoms with Crippen LogP contribution < -0.4 is 20.1 Å². The molecule has 0 fully saturated rings. The normalized spacial score (nSPS) is 15.9. The maximum Gasteiger partial charge on any atom is 0.417 e. The summed E-state index contributed by atoms with van der Waals surface area (Å²) in [5, 5.41) is 6.77. The average Bonchev–Trinajstić information content (AvgIpc) is 3.47. The molecule has 3 N–H and O–H groups in total. The zero-order valence-electron chi connectivity index (χ0n) is 28.8. The highest BCUT2D eigenvalue weighted by atomic mass is 19.4. The first kappa shape index (κ1) is 35.5. The van der Waals surface area contributed by atoms with Gasteiger partial charge in [0.1, 0.15) is 41.4 Å². The highest BCUT2D eigenvalue weighted by molar-refractivity contribution is 6.02. The number of rotatable bonds is 8. The number of nitrogen functional groups attached to an aromatic ring is 1. The van der Waals surface area contributed by atoms with Gasteiger partial charge in [0.2, 0.25) is 5.88 Å². The minimum atomic E-state index is -4.83. The van der Waals surface area contributed by atoms with E-state index in [0.29, 0.717) is 16.9 Å². The van der Waals surface area contributed by atoms with E-state index in [1.54, 1.807) is 12.3 Å². The number of alkyl halides is 3. The Morgan fingerprint density at radius 1 is 1.20 bits per heavy atom. The summed E-state index contributed by atoms with van der Waals surface area (Å²) in [6.07, 6.45) is -1.28. The summed E-state index contributed by atoms with van der Waals surface area (Å²) >= 11 is 0. The maximum atomic E-state index is 17.0. The number of fused-ring (bicyclic) bond motifs is 1. The SMILES string of the molecule is CC.CCC(COc1nc2c3c(nc(-c4c(C(F)(F)F)c(C)cc5[nH]ncc45)c(F)c3n1)OC[C@H](C)N2C(C)c1cccnc1N)N(C)C. The van der Waals surface area contributed by atoms with Crippen molar-refractivity contribution < 1.29 is 27.0 Å². The molecule has 0 saturated heterocycles. The number of H-pyrrole nitrogens is 1. The molecule has 5 aromatic rings. The maximum absolute atomic E-state index is 17.0. The molecule has 0 radical (unpaired) electrons. The minimum absolute atomic E-state index is 0.00896. The molecule has 3 atom stereocenters. The fourth-order valence-electron chi connectivity index (χ4n) is 6.25. The number of nitrogens with zero attached hydrogens (tertiary/aromatic N) is 7. The van der Waals surface area contributed by atoms with Crippen molar-refractivity contribution in [3.63, 3.8) is 0 Å². The number of aromatic amines is 1. The van der Waals surface area contributed by atoms with Crippen LogP contribution in [0.4, 0.5) is 29.2 Å². The van der Waals surface area contributed by atoms with E-state index in [1.807, 2.05) is 64.6 Å². The molecule has 262 valence electrons. The highest BCUT2D eigenvalue weighted by Crippen LogP contribution is 2.47. The quantitative estimate of drug-likeness (QED) is 0.163. The second-order valence-corrected chi connectivity index (χ2v) is 12.0. The fourth-order valence-corrected chi connectivity index (χ4v) is 6.25. The van der Waals surface area contributed by atoms with Crippen LogP contribution in [-0.2, 0) is 6.18 Å². The van der Waals surface area contributed by atoms with E-state index >= 15 is 4.39 Å². The summed E-state index contributed by atoms with van der Waals surface area (Å²) in [5.74, 6) is -0.642. The van der Waals surface area contributed by atoms with Gasteiger partial charge in [0.15, 0.2) is 5.82 Å². The minimum Gasteiger partial charge on any atom is -0.475 e. The number of aryl methyl sites for hydroxylation is 1. The first-order valence-corrected chi connectivity index (χ1v) is 16.2. The third-order valence-corrected chi connectivity index (χ3v) is 8.70. The van der Waals surface area contributed by atoms with Gasteiger partial charge in [-0.2, -0.15) is 28.2 Å². The van der Waals surface area contributed by atoms with E-state index in [4.69, 9.17) is 20.2 Å². The Morgan fingerprint density at radius 3 is 2.59 bits per heavy atom. The van der Waals surface area contributed by atoms with Crippen LogP contribution in [0.15, 0.2) is 30.6 Å². The van der Waals surface area contributed by atoms with E-state index < -0.39 is 34.9 Å². The zero-order chi connectivity index (χ0) is 35.8. The third-order valence-electron chi connectivity index (χ3n) is 8.70. The molecule has 5 heterocycles. The van der Waals surface area contributed by atoms with Crippen molar-refractivity contribution in [1.29, 1.82) is 0 Å². The molecule has 0 aliphatic carbocycles. The van der Waals surface area contributed by atoms with Gasteiger partial charge in [0.25, 0.3) is 0 Å². The predicted molar refractivity (Wildman–Crippen MR) is 181 cm³/mol. The van der Waals surface area contributed by atoms with Gasteiger partial charge in [-0.15, -0.1) is 0 Å². The Labute approximate surface area is 281 Å². The monoisotopic (exact) mass is 683 g/mol. The summed E-state index contributed by atoms with van der Waals surface area (Å²) in [5.41, 5.74) is 4.76. The number of hydrogen-bond acceptors (Lipinski definition) is 10. The molecule has 1 aromatic carbocycles. The third kappa shape index (κ3) is 6.51. The van der Waals surface area contributed by atoms with Crippen molar-refractivity contribution in [2.24, 2.45) is 0 Å². The average molecular weight is 684 g/mol. The van der Waals surface area contributed by atoms with E-state index in [1.165, 1.54) is 19.2 Å². The Hall–Kier alpha value is -4.79. The van der Waals surface area contributed by atoms with Crippen molar-refractivity contribution in [3.8, 4) is 23.1 Å². The summed E-state index contributed by atoms with van der Waals surface area (Å²) in [6, 6.07) is 3.94. The van der Waals surface area contributed by atoms with E-state index in [-0.39, 0.29) is 64.9 Å². The number of anilines is 2. The molecule has 1 aliphatic heterocycles. The number of ether oxygens (including phenoxy) is 2. The zero-order valence-corrected chi connectivity index (χ0v) is 28.8. The number of halogens is 4. The first-order valence-electron chi connectivity index (χ1n) is 16.2. The van der Waals surface area contributed by atoms with Gasteiger partial charge in [-0.3, -0.25) is 5.10 Å². The molecule has 0 amide bonds. The van der Waals surface area contributed by atoms with Gasteiger partial charge in [0.05, 0.1) is 29.4 Å². The van der Waals surface area contributed by atoms with Crippen LogP contribution in [0.3, 0.4) is 0 Å². The van der Waals surface area contributed by atoms with Gasteiger partial charge in [-0.25, -0.2) is 14.4 Å². The van der Waals surface area contributed by atoms with Gasteiger partial charge >= 0.3 is 12.2 Å². The van der Waals surface area contributed by atoms with Crippen LogP contribution in [0.1, 0.15) is 63.8 Å². The molecule has 0 bridgehead atoms. The van der Waals surface area contributed by atoms with Crippen LogP contribution in [0.5, 0.6) is 11.9 Å². The van der Waals surface area contributed by atoms with Crippen LogP contribution in [0.2, 0.25) is 0 Å². The summed E-state index contributed by atoms with van der Waals surface area (Å²) < 4.78 is 73.1. The van der Waals surface area contributed by atoms with Crippen LogP contribution >= 0.6 is 0 Å². The van der Waals surface area contributed by atoms with Crippen molar-refractivity contribution >= 4 is 33.4 Å². The summed E-state index contributed by atoms with van der Waals surface area (Å²) in [4.78, 5) is 21.7. The number of nitrogens with one attached hydrogen (secondary N) is 1. The van der Waals surface area contributed by atoms with E-state index in [2.05, 4.69) is 25.1 Å². The Balaban J connectivity index is 0.00000230. The van der Waals surface area contributed by atoms with Gasteiger partial charge in [-0.1, -0.05) is 26.8 Å². The number of hydrogen-bond donors (Lipinski definition) is 2. The molecule has 15 heteroatoms. The summed E-state index contributed by atoms with van der Waals surface area (Å²) in [7, 11) is 3.82. The molecular weight excluding hydrogens is 642 g/mol. The van der Waals surface area contributed by atoms with Gasteiger partial charge < -0.3 is 25.0 Å². The lowest BCUT2D eigenvalue weighted by Gasteiger charge is -2.35. The largest absolute Gasteiger partial charge is 0.475 e. The fraction of sp³-hybridized carbons (Fsp3) is 0.441. The number of aromatic nitrogens is 6. The number of pyridine rings is 2. The van der Waals surface area contributed by atoms with Gasteiger partial charge in [-0.05, 0) is 59.0 Å². The molecule has 6 rings (SSSR count). The van der Waals surface area contributed by atoms with Gasteiger partial charge in [0, 0.05) is 28.8 Å². The molecular formula is C34H41F4N9O2. The number of likely N-dealkylation sites (N-methyl/N-ethyl adjacent to an activating group) is 1. The van der Waals surface area contributed by atoms with Crippen LogP contribution in [0, 0.1) is 12.7 Å². The predicted octanol–water partition coefficient (Wildman–Crippen LogP) is 7.11. The second kappa shape index (κ2) is 14.0. The molecule has 4 aromatic heterocycles. The lowest BCUT2D eigenvalue weighted by atomic mass is 9.94. The standard InChI is InChI=1S/C32H35F4N9O2.C2H6/c1-7-18(44(5)6)14-47-31-41-27-23-29(42-31)45(17(4)19-9-8-10-38-28(19)37)16(3)13-46-30(23)40-26(25(27)33)22-20-12-39-43-21(20)11-15(2)24(22)32(34,35)36;1-2/h8-12,16-18H,7,13-14H2,1-6H3,(H2,37,38)(H,39,43);1-2H3/t16-,17?,18?;/m0./s1. The molecule has 11 nitrogen and oxygen atoms in total. The Kier molecular flexibility index (Phi) is 10.1. The second-order valence-electron chi connectivity index (χ2n) is 12.0. The first-order chi connectivity index (χ1) is 23.3. The lowest BCUT2D eigenvalue weighted by Crippen LogP contribution is -2.39. The highest BCUT2D eigenvalue weighted by Gasteiger charge is 2.40. The van der Waals surface area contributed by atoms with Crippen molar-refractivity contribution in [3.05, 3.63) is 53.1 Å². The lowest BCUT2D eigenvalue weighted by molar-refractivity contribution is -0.137. The van der Waals surface area contributed by atoms with Crippen LogP contribution in [-0.4, -0.2) is 74.4 Å². The van der Waals surface area contributed by atoms with Crippen molar-refractivity contribution in [1.82, 2.24) is 35.0 Å². The van der Waals surface area contributed by atoms with E-state index in [0.717, 1.165) is 6.42 Å². The number of nitrogens with two attached hydrogens (primary N) is 1. The van der Waals surface area contributed by atoms with Crippen LogP contribution in [0.25, 0.3) is 33.1 Å². The van der Waals surface area contributed by atoms with Crippen molar-refractivity contribution in [2.75, 3.05) is 37.9 Å².